The van der Waals surface area contributed by atoms with E-state index in [0.717, 1.165) is 38.5 Å². The summed E-state index contributed by atoms with van der Waals surface area (Å²) in [4.78, 5) is 26.0. The number of rotatable bonds is 2. The van der Waals surface area contributed by atoms with Crippen LogP contribution < -0.4 is 0 Å². The second kappa shape index (κ2) is 6.63. The maximum absolute atomic E-state index is 13.3. The molecule has 0 saturated heterocycles. The maximum atomic E-state index is 13.3. The Morgan fingerprint density at radius 1 is 1.03 bits per heavy atom. The molecular formula is C25H40O3Si. The lowest BCUT2D eigenvalue weighted by molar-refractivity contribution is -0.143. The van der Waals surface area contributed by atoms with Crippen molar-refractivity contribution in [2.45, 2.75) is 104 Å². The minimum atomic E-state index is -1.91. The predicted octanol–water partition coefficient (Wildman–Crippen LogP) is 6.09. The summed E-state index contributed by atoms with van der Waals surface area (Å²) in [7, 11) is -1.91. The number of hydrogen-bond donors (Lipinski definition) is 0. The SMILES string of the molecule is CC(C)(C)[Si](C)(C)OC1CCCC2=CC(=O)[C@H]3[C@@H]4CCC(=O)[C@@]4(C)CC[C@@H]3[C@]21C. The fourth-order valence-corrected chi connectivity index (χ4v) is 8.35. The zero-order valence-electron chi connectivity index (χ0n) is 19.6. The van der Waals surface area contributed by atoms with Crippen LogP contribution in [-0.4, -0.2) is 26.0 Å². The van der Waals surface area contributed by atoms with Gasteiger partial charge in [0.25, 0.3) is 0 Å². The van der Waals surface area contributed by atoms with Gasteiger partial charge in [0.05, 0.1) is 6.10 Å². The van der Waals surface area contributed by atoms with Gasteiger partial charge in [-0.15, -0.1) is 0 Å². The summed E-state index contributed by atoms with van der Waals surface area (Å²) in [6.45, 7) is 16.2. The van der Waals surface area contributed by atoms with Crippen molar-refractivity contribution in [3.05, 3.63) is 11.6 Å². The van der Waals surface area contributed by atoms with Crippen LogP contribution in [0.25, 0.3) is 0 Å². The Bertz CT molecular complexity index is 761. The van der Waals surface area contributed by atoms with Crippen molar-refractivity contribution in [2.75, 3.05) is 0 Å². The van der Waals surface area contributed by atoms with Gasteiger partial charge in [0.2, 0.25) is 0 Å². The van der Waals surface area contributed by atoms with Gasteiger partial charge < -0.3 is 4.43 Å². The van der Waals surface area contributed by atoms with E-state index in [1.807, 2.05) is 6.08 Å². The monoisotopic (exact) mass is 416 g/mol. The highest BCUT2D eigenvalue weighted by molar-refractivity contribution is 6.74. The second-order valence-electron chi connectivity index (χ2n) is 12.3. The van der Waals surface area contributed by atoms with Gasteiger partial charge in [0.15, 0.2) is 14.1 Å². The second-order valence-corrected chi connectivity index (χ2v) is 17.0. The van der Waals surface area contributed by atoms with E-state index in [0.29, 0.717) is 23.9 Å². The summed E-state index contributed by atoms with van der Waals surface area (Å²) in [5.74, 6) is 1.27. The number of carbonyl (C=O) groups is 2. The molecule has 3 saturated carbocycles. The summed E-state index contributed by atoms with van der Waals surface area (Å²) < 4.78 is 7.08. The van der Waals surface area contributed by atoms with Crippen molar-refractivity contribution in [2.24, 2.45) is 28.6 Å². The van der Waals surface area contributed by atoms with Gasteiger partial charge >= 0.3 is 0 Å². The van der Waals surface area contributed by atoms with Crippen LogP contribution in [0.15, 0.2) is 11.6 Å². The van der Waals surface area contributed by atoms with Gasteiger partial charge in [0.1, 0.15) is 5.78 Å². The Kier molecular flexibility index (Phi) is 4.91. The average Bonchev–Trinajstić information content (AvgIpc) is 2.91. The van der Waals surface area contributed by atoms with E-state index in [2.05, 4.69) is 47.7 Å². The normalized spacial score (nSPS) is 42.8. The van der Waals surface area contributed by atoms with Gasteiger partial charge in [-0.1, -0.05) is 40.2 Å². The van der Waals surface area contributed by atoms with E-state index in [1.165, 1.54) is 5.57 Å². The largest absolute Gasteiger partial charge is 0.413 e. The molecule has 29 heavy (non-hydrogen) atoms. The molecule has 3 nitrogen and oxygen atoms in total. The Morgan fingerprint density at radius 2 is 1.72 bits per heavy atom. The number of fused-ring (bicyclic) bond motifs is 5. The number of ketones is 2. The van der Waals surface area contributed by atoms with Crippen LogP contribution >= 0.6 is 0 Å². The lowest BCUT2D eigenvalue weighted by atomic mass is 9.47. The molecule has 4 heteroatoms. The Morgan fingerprint density at radius 3 is 2.38 bits per heavy atom. The molecular weight excluding hydrogens is 376 g/mol. The van der Waals surface area contributed by atoms with E-state index in [1.54, 1.807) is 0 Å². The smallest absolute Gasteiger partial charge is 0.192 e. The van der Waals surface area contributed by atoms with Gasteiger partial charge in [0, 0.05) is 23.2 Å². The molecule has 1 unspecified atom stereocenters. The molecule has 0 aromatic carbocycles. The molecule has 162 valence electrons. The van der Waals surface area contributed by atoms with E-state index >= 15 is 0 Å². The van der Waals surface area contributed by atoms with E-state index in [4.69, 9.17) is 4.43 Å². The molecule has 4 aliphatic carbocycles. The number of Topliss-reactive ketones (excluding diaryl/α,β-unsaturated/α-hetero) is 1. The molecule has 0 heterocycles. The standard InChI is InChI=1S/C25H40O3Si/c1-23(2,3)29(6,7)28-21-10-8-9-16-15-19(26)22-17-11-12-20(27)24(17,4)14-13-18(22)25(16,21)5/h15,17-18,21-22H,8-14H2,1-7H3/t17-,18-,21?,22-,24-,25-/m0/s1. The first-order valence-corrected chi connectivity index (χ1v) is 14.7. The molecule has 0 aromatic rings. The summed E-state index contributed by atoms with van der Waals surface area (Å²) in [5, 5.41) is 0.178. The first-order valence-electron chi connectivity index (χ1n) is 11.8. The van der Waals surface area contributed by atoms with Crippen molar-refractivity contribution >= 4 is 19.9 Å². The quantitative estimate of drug-likeness (QED) is 0.512. The molecule has 6 atom stereocenters. The van der Waals surface area contributed by atoms with E-state index in [-0.39, 0.29) is 33.8 Å². The molecule has 3 fully saturated rings. The Balaban J connectivity index is 1.73. The van der Waals surface area contributed by atoms with Crippen LogP contribution in [0.4, 0.5) is 0 Å². The predicted molar refractivity (Wildman–Crippen MR) is 119 cm³/mol. The fourth-order valence-electron chi connectivity index (χ4n) is 6.92. The van der Waals surface area contributed by atoms with Gasteiger partial charge in [-0.3, -0.25) is 9.59 Å². The lowest BCUT2D eigenvalue weighted by Gasteiger charge is -2.59. The van der Waals surface area contributed by atoms with Crippen molar-refractivity contribution in [3.8, 4) is 0 Å². The Labute approximate surface area is 178 Å². The third-order valence-electron chi connectivity index (χ3n) is 9.91. The zero-order valence-corrected chi connectivity index (χ0v) is 20.6. The summed E-state index contributed by atoms with van der Waals surface area (Å²) in [6, 6.07) is 0. The van der Waals surface area contributed by atoms with Crippen LogP contribution in [0, 0.1) is 28.6 Å². The maximum Gasteiger partial charge on any atom is 0.192 e. The first-order chi connectivity index (χ1) is 13.3. The van der Waals surface area contributed by atoms with Gasteiger partial charge in [-0.05, 0) is 74.6 Å². The third kappa shape index (κ3) is 2.99. The zero-order chi connectivity index (χ0) is 21.4. The molecule has 0 aromatic heterocycles. The van der Waals surface area contributed by atoms with Crippen molar-refractivity contribution < 1.29 is 14.0 Å². The molecule has 0 amide bonds. The van der Waals surface area contributed by atoms with Crippen LogP contribution in [0.3, 0.4) is 0 Å². The average molecular weight is 417 g/mol. The van der Waals surface area contributed by atoms with Crippen molar-refractivity contribution in [1.29, 1.82) is 0 Å². The van der Waals surface area contributed by atoms with Crippen molar-refractivity contribution in [3.63, 3.8) is 0 Å². The lowest BCUT2D eigenvalue weighted by Crippen LogP contribution is -2.59. The molecule has 0 aliphatic heterocycles. The van der Waals surface area contributed by atoms with Gasteiger partial charge in [-0.25, -0.2) is 0 Å². The highest BCUT2D eigenvalue weighted by atomic mass is 28.4. The summed E-state index contributed by atoms with van der Waals surface area (Å²) in [6.07, 6.45) is 8.93. The van der Waals surface area contributed by atoms with E-state index in [9.17, 15) is 9.59 Å². The molecule has 4 rings (SSSR count). The minimum absolute atomic E-state index is 0.0116. The fraction of sp³-hybridized carbons (Fsp3) is 0.840. The van der Waals surface area contributed by atoms with Crippen LogP contribution in [0.1, 0.15) is 79.6 Å². The highest BCUT2D eigenvalue weighted by Gasteiger charge is 2.63. The number of carbonyl (C=O) groups excluding carboxylic acids is 2. The van der Waals surface area contributed by atoms with Crippen LogP contribution in [0.2, 0.25) is 18.1 Å². The summed E-state index contributed by atoms with van der Waals surface area (Å²) in [5.41, 5.74) is 1.01. The Hall–Kier alpha value is -0.743. The number of hydrogen-bond acceptors (Lipinski definition) is 3. The molecule has 4 aliphatic rings. The van der Waals surface area contributed by atoms with E-state index < -0.39 is 8.32 Å². The molecule has 0 spiro atoms. The highest BCUT2D eigenvalue weighted by Crippen LogP contribution is 2.64. The topological polar surface area (TPSA) is 43.4 Å². The molecule has 0 N–H and O–H groups in total. The molecule has 0 radical (unpaired) electrons. The third-order valence-corrected chi connectivity index (χ3v) is 14.4. The minimum Gasteiger partial charge on any atom is -0.413 e. The van der Waals surface area contributed by atoms with Crippen molar-refractivity contribution in [1.82, 2.24) is 0 Å². The first kappa shape index (κ1) is 21.5. The van der Waals surface area contributed by atoms with Gasteiger partial charge in [-0.2, -0.15) is 0 Å². The summed E-state index contributed by atoms with van der Waals surface area (Å²) >= 11 is 0. The van der Waals surface area contributed by atoms with Crippen LogP contribution in [-0.2, 0) is 14.0 Å². The molecule has 0 bridgehead atoms. The number of allylic oxidation sites excluding steroid dienone is 1. The van der Waals surface area contributed by atoms with Crippen LogP contribution in [0.5, 0.6) is 0 Å².